The number of carbonyl (C=O) groups is 1. The molecular weight excluding hydrogens is 228 g/mol. The predicted molar refractivity (Wildman–Crippen MR) is 58.2 cm³/mol. The highest BCUT2D eigenvalue weighted by Gasteiger charge is 2.41. The molecule has 0 spiro atoms. The first-order valence-corrected chi connectivity index (χ1v) is 5.82. The van der Waals surface area contributed by atoms with Crippen LogP contribution in [0, 0.1) is 0 Å². The first-order valence-electron chi connectivity index (χ1n) is 5.82. The van der Waals surface area contributed by atoms with Crippen LogP contribution in [0.2, 0.25) is 0 Å². The van der Waals surface area contributed by atoms with E-state index >= 15 is 0 Å². The normalized spacial score (nSPS) is 37.8. The molecular formula is C11H20O6. The SMILES string of the molecule is CCOC(=O)CCC1OC(C)C(O)C(O)C1O. The molecule has 1 aliphatic rings. The lowest BCUT2D eigenvalue weighted by Gasteiger charge is -2.39. The van der Waals surface area contributed by atoms with Gasteiger partial charge in [-0.1, -0.05) is 0 Å². The second kappa shape index (κ2) is 6.30. The molecule has 0 bridgehead atoms. The van der Waals surface area contributed by atoms with Crippen LogP contribution in [-0.2, 0) is 14.3 Å². The first-order chi connectivity index (χ1) is 7.97. The highest BCUT2D eigenvalue weighted by Crippen LogP contribution is 2.23. The lowest BCUT2D eigenvalue weighted by molar-refractivity contribution is -0.218. The maximum absolute atomic E-state index is 11.1. The molecule has 1 saturated heterocycles. The van der Waals surface area contributed by atoms with Crippen LogP contribution >= 0.6 is 0 Å². The van der Waals surface area contributed by atoms with Crippen LogP contribution in [0.4, 0.5) is 0 Å². The van der Waals surface area contributed by atoms with Gasteiger partial charge in [-0.15, -0.1) is 0 Å². The molecule has 0 aromatic heterocycles. The number of esters is 1. The van der Waals surface area contributed by atoms with Crippen LogP contribution < -0.4 is 0 Å². The van der Waals surface area contributed by atoms with E-state index in [-0.39, 0.29) is 18.8 Å². The van der Waals surface area contributed by atoms with Crippen LogP contribution in [-0.4, -0.2) is 58.4 Å². The zero-order valence-electron chi connectivity index (χ0n) is 10.1. The Bertz CT molecular complexity index is 256. The van der Waals surface area contributed by atoms with Crippen molar-refractivity contribution in [1.82, 2.24) is 0 Å². The third-order valence-electron chi connectivity index (χ3n) is 2.89. The number of hydrogen-bond acceptors (Lipinski definition) is 6. The highest BCUT2D eigenvalue weighted by molar-refractivity contribution is 5.69. The Kier molecular flexibility index (Phi) is 5.32. The molecule has 0 amide bonds. The van der Waals surface area contributed by atoms with Gasteiger partial charge < -0.3 is 24.8 Å². The van der Waals surface area contributed by atoms with Crippen LogP contribution in [0.5, 0.6) is 0 Å². The van der Waals surface area contributed by atoms with Crippen molar-refractivity contribution in [2.45, 2.75) is 57.2 Å². The molecule has 5 atom stereocenters. The summed E-state index contributed by atoms with van der Waals surface area (Å²) >= 11 is 0. The number of aliphatic hydroxyl groups excluding tert-OH is 3. The van der Waals surface area contributed by atoms with E-state index in [1.807, 2.05) is 0 Å². The van der Waals surface area contributed by atoms with E-state index in [1.165, 1.54) is 0 Å². The van der Waals surface area contributed by atoms with Crippen molar-refractivity contribution in [2.75, 3.05) is 6.61 Å². The maximum Gasteiger partial charge on any atom is 0.305 e. The van der Waals surface area contributed by atoms with Gasteiger partial charge in [0.15, 0.2) is 0 Å². The van der Waals surface area contributed by atoms with Gasteiger partial charge in [0.25, 0.3) is 0 Å². The summed E-state index contributed by atoms with van der Waals surface area (Å²) in [7, 11) is 0. The van der Waals surface area contributed by atoms with Gasteiger partial charge in [-0.25, -0.2) is 0 Å². The minimum absolute atomic E-state index is 0.116. The summed E-state index contributed by atoms with van der Waals surface area (Å²) in [6.45, 7) is 3.63. The van der Waals surface area contributed by atoms with Gasteiger partial charge in [-0.3, -0.25) is 4.79 Å². The van der Waals surface area contributed by atoms with Gasteiger partial charge in [-0.2, -0.15) is 0 Å². The molecule has 0 aliphatic carbocycles. The van der Waals surface area contributed by atoms with Crippen LogP contribution in [0.25, 0.3) is 0 Å². The molecule has 0 radical (unpaired) electrons. The van der Waals surface area contributed by atoms with Crippen LogP contribution in [0.15, 0.2) is 0 Å². The molecule has 3 N–H and O–H groups in total. The molecule has 1 heterocycles. The molecule has 6 heteroatoms. The Morgan fingerprint density at radius 1 is 1.24 bits per heavy atom. The molecule has 5 unspecified atom stereocenters. The van der Waals surface area contributed by atoms with Gasteiger partial charge in [0.2, 0.25) is 0 Å². The summed E-state index contributed by atoms with van der Waals surface area (Å²) in [4.78, 5) is 11.1. The number of rotatable bonds is 4. The summed E-state index contributed by atoms with van der Waals surface area (Å²) in [6.07, 6.45) is -4.39. The average Bonchev–Trinajstić information content (AvgIpc) is 2.30. The molecule has 0 saturated carbocycles. The summed E-state index contributed by atoms with van der Waals surface area (Å²) in [5.74, 6) is -0.364. The molecule has 1 aliphatic heterocycles. The maximum atomic E-state index is 11.1. The van der Waals surface area contributed by atoms with E-state index in [0.29, 0.717) is 6.61 Å². The Morgan fingerprint density at radius 3 is 2.47 bits per heavy atom. The number of aliphatic hydroxyl groups is 3. The minimum atomic E-state index is -1.24. The number of hydrogen-bond donors (Lipinski definition) is 3. The summed E-state index contributed by atoms with van der Waals surface area (Å²) in [5, 5.41) is 28.7. The molecule has 0 aromatic rings. The standard InChI is InChI=1S/C11H20O6/c1-3-16-8(12)5-4-7-10(14)11(15)9(13)6(2)17-7/h6-7,9-11,13-15H,3-5H2,1-2H3. The van der Waals surface area contributed by atoms with Crippen LogP contribution in [0.1, 0.15) is 26.7 Å². The third kappa shape index (κ3) is 3.64. The quantitative estimate of drug-likeness (QED) is 0.564. The van der Waals surface area contributed by atoms with E-state index in [9.17, 15) is 20.1 Å². The number of carbonyl (C=O) groups excluding carboxylic acids is 1. The Labute approximate surface area is 100 Å². The molecule has 0 aromatic carbocycles. The average molecular weight is 248 g/mol. The van der Waals surface area contributed by atoms with Crippen molar-refractivity contribution < 1.29 is 29.6 Å². The fourth-order valence-corrected chi connectivity index (χ4v) is 1.87. The fourth-order valence-electron chi connectivity index (χ4n) is 1.87. The van der Waals surface area contributed by atoms with Crippen molar-refractivity contribution in [2.24, 2.45) is 0 Å². The third-order valence-corrected chi connectivity index (χ3v) is 2.89. The van der Waals surface area contributed by atoms with Crippen molar-refractivity contribution in [1.29, 1.82) is 0 Å². The fraction of sp³-hybridized carbons (Fsp3) is 0.909. The monoisotopic (exact) mass is 248 g/mol. The van der Waals surface area contributed by atoms with Crippen molar-refractivity contribution in [3.8, 4) is 0 Å². The van der Waals surface area contributed by atoms with E-state index in [2.05, 4.69) is 0 Å². The molecule has 17 heavy (non-hydrogen) atoms. The van der Waals surface area contributed by atoms with Gasteiger partial charge in [0, 0.05) is 6.42 Å². The number of ether oxygens (including phenoxy) is 2. The zero-order valence-corrected chi connectivity index (χ0v) is 10.1. The largest absolute Gasteiger partial charge is 0.466 e. The molecule has 1 rings (SSSR count). The van der Waals surface area contributed by atoms with Crippen molar-refractivity contribution >= 4 is 5.97 Å². The lowest BCUT2D eigenvalue weighted by atomic mass is 9.93. The topological polar surface area (TPSA) is 96.2 Å². The van der Waals surface area contributed by atoms with Gasteiger partial charge >= 0.3 is 5.97 Å². The Balaban J connectivity index is 2.45. The van der Waals surface area contributed by atoms with E-state index < -0.39 is 30.5 Å². The zero-order chi connectivity index (χ0) is 13.0. The minimum Gasteiger partial charge on any atom is -0.466 e. The van der Waals surface area contributed by atoms with Crippen LogP contribution in [0.3, 0.4) is 0 Å². The van der Waals surface area contributed by atoms with E-state index in [4.69, 9.17) is 9.47 Å². The van der Waals surface area contributed by atoms with Gasteiger partial charge in [-0.05, 0) is 20.3 Å². The van der Waals surface area contributed by atoms with Gasteiger partial charge in [0.1, 0.15) is 18.3 Å². The first kappa shape index (κ1) is 14.4. The smallest absolute Gasteiger partial charge is 0.305 e. The van der Waals surface area contributed by atoms with Crippen molar-refractivity contribution in [3.63, 3.8) is 0 Å². The van der Waals surface area contributed by atoms with Crippen molar-refractivity contribution in [3.05, 3.63) is 0 Å². The Hall–Kier alpha value is -0.690. The molecule has 1 fully saturated rings. The predicted octanol–water partition coefficient (Wildman–Crippen LogP) is -0.800. The van der Waals surface area contributed by atoms with Gasteiger partial charge in [0.05, 0.1) is 18.8 Å². The summed E-state index contributed by atoms with van der Waals surface area (Å²) < 4.78 is 10.1. The highest BCUT2D eigenvalue weighted by atomic mass is 16.5. The molecule has 100 valence electrons. The molecule has 6 nitrogen and oxygen atoms in total. The summed E-state index contributed by atoms with van der Waals surface area (Å²) in [5.41, 5.74) is 0. The summed E-state index contributed by atoms with van der Waals surface area (Å²) in [6, 6.07) is 0. The lowest BCUT2D eigenvalue weighted by Crippen LogP contribution is -2.56. The second-order valence-corrected chi connectivity index (χ2v) is 4.20. The Morgan fingerprint density at radius 2 is 1.88 bits per heavy atom. The second-order valence-electron chi connectivity index (χ2n) is 4.20. The van der Waals surface area contributed by atoms with E-state index in [1.54, 1.807) is 13.8 Å². The van der Waals surface area contributed by atoms with E-state index in [0.717, 1.165) is 0 Å².